The minimum absolute atomic E-state index is 0.0677. The summed E-state index contributed by atoms with van der Waals surface area (Å²) in [6.07, 6.45) is 1.65. The zero-order valence-electron chi connectivity index (χ0n) is 14.1. The van der Waals surface area contributed by atoms with Gasteiger partial charge in [-0.2, -0.15) is 0 Å². The maximum atomic E-state index is 12.8. The third kappa shape index (κ3) is 3.53. The van der Waals surface area contributed by atoms with E-state index in [0.29, 0.717) is 31.0 Å². The van der Waals surface area contributed by atoms with Crippen LogP contribution in [0.5, 0.6) is 5.75 Å². The molecule has 2 aliphatic rings. The molecule has 0 aromatic heterocycles. The zero-order valence-corrected chi connectivity index (χ0v) is 14.1. The third-order valence-electron chi connectivity index (χ3n) is 4.48. The van der Waals surface area contributed by atoms with Gasteiger partial charge in [-0.25, -0.2) is 4.79 Å². The Balaban J connectivity index is 1.81. The molecule has 3 rings (SSSR count). The fourth-order valence-corrected chi connectivity index (χ4v) is 3.24. The number of carbonyl (C=O) groups excluding carboxylic acids is 2. The summed E-state index contributed by atoms with van der Waals surface area (Å²) in [4.78, 5) is 26.3. The van der Waals surface area contributed by atoms with E-state index in [1.54, 1.807) is 12.1 Å². The van der Waals surface area contributed by atoms with E-state index in [1.807, 2.05) is 17.9 Å². The smallest absolute Gasteiger partial charge is 0.337 e. The number of benzene rings is 1. The van der Waals surface area contributed by atoms with Crippen molar-refractivity contribution in [1.82, 2.24) is 4.90 Å². The molecule has 2 heterocycles. The van der Waals surface area contributed by atoms with E-state index in [9.17, 15) is 9.59 Å². The van der Waals surface area contributed by atoms with E-state index in [2.05, 4.69) is 0 Å². The number of hydrogen-bond donors (Lipinski definition) is 0. The summed E-state index contributed by atoms with van der Waals surface area (Å²) < 4.78 is 16.1. The summed E-state index contributed by atoms with van der Waals surface area (Å²) in [6.45, 7) is 4.17. The molecular weight excluding hydrogens is 310 g/mol. The highest BCUT2D eigenvalue weighted by Gasteiger charge is 2.30. The fourth-order valence-electron chi connectivity index (χ4n) is 3.24. The lowest BCUT2D eigenvalue weighted by Gasteiger charge is -2.29. The summed E-state index contributed by atoms with van der Waals surface area (Å²) in [7, 11) is 1.35. The minimum Gasteiger partial charge on any atom is -0.488 e. The second-order valence-electron chi connectivity index (χ2n) is 6.38. The number of esters is 1. The lowest BCUT2D eigenvalue weighted by molar-refractivity contribution is -0.141. The van der Waals surface area contributed by atoms with E-state index in [1.165, 1.54) is 7.11 Å². The van der Waals surface area contributed by atoms with Crippen LogP contribution < -0.4 is 4.74 Å². The standard InChI is InChI=1S/C18H23NO5/c1-12-9-19(17(20)15-4-3-7-23-11-15)10-14-6-5-13(18(21)22-2)8-16(14)24-12/h5-6,8,12,15H,3-4,7,9-11H2,1-2H3/t12-,15?/m1/s1. The number of nitrogens with zero attached hydrogens (tertiary/aromatic N) is 1. The van der Waals surface area contributed by atoms with Crippen LogP contribution in [0.25, 0.3) is 0 Å². The Bertz CT molecular complexity index is 624. The van der Waals surface area contributed by atoms with Gasteiger partial charge in [0.25, 0.3) is 0 Å². The van der Waals surface area contributed by atoms with Crippen LogP contribution in [0.15, 0.2) is 18.2 Å². The molecule has 0 bridgehead atoms. The molecule has 6 heteroatoms. The van der Waals surface area contributed by atoms with Gasteiger partial charge in [0.15, 0.2) is 0 Å². The van der Waals surface area contributed by atoms with Gasteiger partial charge in [0.05, 0.1) is 31.7 Å². The normalized spacial score (nSPS) is 23.7. The van der Waals surface area contributed by atoms with Crippen molar-refractivity contribution in [1.29, 1.82) is 0 Å². The predicted octanol–water partition coefficient (Wildman–Crippen LogP) is 2.01. The first-order valence-corrected chi connectivity index (χ1v) is 8.33. The molecule has 1 fully saturated rings. The first-order valence-electron chi connectivity index (χ1n) is 8.33. The molecule has 130 valence electrons. The number of rotatable bonds is 2. The molecule has 24 heavy (non-hydrogen) atoms. The largest absolute Gasteiger partial charge is 0.488 e. The first-order chi connectivity index (χ1) is 11.6. The Morgan fingerprint density at radius 1 is 1.33 bits per heavy atom. The van der Waals surface area contributed by atoms with Gasteiger partial charge in [-0.05, 0) is 31.9 Å². The van der Waals surface area contributed by atoms with E-state index in [0.717, 1.165) is 25.0 Å². The van der Waals surface area contributed by atoms with Crippen molar-refractivity contribution in [3.63, 3.8) is 0 Å². The number of fused-ring (bicyclic) bond motifs is 1. The number of methoxy groups -OCH3 is 1. The topological polar surface area (TPSA) is 65.1 Å². The molecule has 0 aliphatic carbocycles. The highest BCUT2D eigenvalue weighted by molar-refractivity contribution is 5.90. The van der Waals surface area contributed by atoms with E-state index in [-0.39, 0.29) is 17.9 Å². The Hall–Kier alpha value is -2.08. The lowest BCUT2D eigenvalue weighted by Crippen LogP contribution is -2.42. The van der Waals surface area contributed by atoms with Gasteiger partial charge < -0.3 is 19.1 Å². The Labute approximate surface area is 141 Å². The van der Waals surface area contributed by atoms with Crippen LogP contribution in [-0.4, -0.2) is 49.7 Å². The average Bonchev–Trinajstić information content (AvgIpc) is 2.78. The maximum Gasteiger partial charge on any atom is 0.337 e. The molecule has 0 spiro atoms. The summed E-state index contributed by atoms with van der Waals surface area (Å²) in [5.41, 5.74) is 1.35. The summed E-state index contributed by atoms with van der Waals surface area (Å²) in [5, 5.41) is 0. The summed E-state index contributed by atoms with van der Waals surface area (Å²) in [5.74, 6) is 0.295. The maximum absolute atomic E-state index is 12.8. The second-order valence-corrected chi connectivity index (χ2v) is 6.38. The number of amides is 1. The third-order valence-corrected chi connectivity index (χ3v) is 4.48. The van der Waals surface area contributed by atoms with E-state index >= 15 is 0 Å². The van der Waals surface area contributed by atoms with Crippen molar-refractivity contribution in [2.75, 3.05) is 26.9 Å². The van der Waals surface area contributed by atoms with Crippen LogP contribution in [-0.2, 0) is 20.8 Å². The predicted molar refractivity (Wildman–Crippen MR) is 86.8 cm³/mol. The van der Waals surface area contributed by atoms with E-state index < -0.39 is 5.97 Å². The second kappa shape index (κ2) is 7.21. The van der Waals surface area contributed by atoms with Crippen molar-refractivity contribution < 1.29 is 23.8 Å². The summed E-state index contributed by atoms with van der Waals surface area (Å²) in [6, 6.07) is 5.23. The van der Waals surface area contributed by atoms with Crippen LogP contribution in [0.2, 0.25) is 0 Å². The molecule has 6 nitrogen and oxygen atoms in total. The molecule has 0 N–H and O–H groups in total. The first kappa shape index (κ1) is 16.8. The zero-order chi connectivity index (χ0) is 17.1. The van der Waals surface area contributed by atoms with Gasteiger partial charge >= 0.3 is 5.97 Å². The monoisotopic (exact) mass is 333 g/mol. The molecular formula is C18H23NO5. The van der Waals surface area contributed by atoms with Crippen LogP contribution in [0.4, 0.5) is 0 Å². The molecule has 0 saturated carbocycles. The number of carbonyl (C=O) groups is 2. The van der Waals surface area contributed by atoms with Crippen LogP contribution in [0.1, 0.15) is 35.7 Å². The number of ether oxygens (including phenoxy) is 3. The van der Waals surface area contributed by atoms with Gasteiger partial charge in [0.1, 0.15) is 11.9 Å². The average molecular weight is 333 g/mol. The molecule has 1 saturated heterocycles. The van der Waals surface area contributed by atoms with Crippen molar-refractivity contribution in [2.45, 2.75) is 32.4 Å². The Morgan fingerprint density at radius 2 is 2.17 bits per heavy atom. The van der Waals surface area contributed by atoms with Crippen molar-refractivity contribution in [3.8, 4) is 5.75 Å². The molecule has 1 aromatic carbocycles. The Morgan fingerprint density at radius 3 is 2.88 bits per heavy atom. The van der Waals surface area contributed by atoms with Crippen molar-refractivity contribution >= 4 is 11.9 Å². The van der Waals surface area contributed by atoms with Gasteiger partial charge in [-0.3, -0.25) is 4.79 Å². The molecule has 2 aliphatic heterocycles. The Kier molecular flexibility index (Phi) is 5.04. The van der Waals surface area contributed by atoms with Gasteiger partial charge in [0, 0.05) is 18.7 Å². The minimum atomic E-state index is -0.398. The molecule has 0 radical (unpaired) electrons. The molecule has 1 unspecified atom stereocenters. The fraction of sp³-hybridized carbons (Fsp3) is 0.556. The number of hydrogen-bond acceptors (Lipinski definition) is 5. The molecule has 2 atom stereocenters. The van der Waals surface area contributed by atoms with Crippen LogP contribution in [0, 0.1) is 5.92 Å². The van der Waals surface area contributed by atoms with Crippen molar-refractivity contribution in [2.24, 2.45) is 5.92 Å². The van der Waals surface area contributed by atoms with Crippen molar-refractivity contribution in [3.05, 3.63) is 29.3 Å². The molecule has 1 aromatic rings. The SMILES string of the molecule is COC(=O)c1ccc2c(c1)O[C@H](C)CN(C(=O)C1CCCOC1)C2. The lowest BCUT2D eigenvalue weighted by atomic mass is 10.00. The van der Waals surface area contributed by atoms with Crippen LogP contribution >= 0.6 is 0 Å². The van der Waals surface area contributed by atoms with E-state index in [4.69, 9.17) is 14.2 Å². The van der Waals surface area contributed by atoms with Crippen LogP contribution in [0.3, 0.4) is 0 Å². The highest BCUT2D eigenvalue weighted by Crippen LogP contribution is 2.28. The van der Waals surface area contributed by atoms with Gasteiger partial charge in [0.2, 0.25) is 5.91 Å². The summed E-state index contributed by atoms with van der Waals surface area (Å²) >= 11 is 0. The molecule has 1 amide bonds. The van der Waals surface area contributed by atoms with Gasteiger partial charge in [-0.1, -0.05) is 6.07 Å². The van der Waals surface area contributed by atoms with Gasteiger partial charge in [-0.15, -0.1) is 0 Å². The quantitative estimate of drug-likeness (QED) is 0.775. The highest BCUT2D eigenvalue weighted by atomic mass is 16.5.